The van der Waals surface area contributed by atoms with E-state index in [1.165, 1.54) is 11.3 Å². The number of aliphatic hydroxyl groups excluding tert-OH is 1. The number of amides is 1. The van der Waals surface area contributed by atoms with Crippen LogP contribution in [0.2, 0.25) is 0 Å². The maximum Gasteiger partial charge on any atom is 0.263 e. The lowest BCUT2D eigenvalue weighted by atomic mass is 10.2. The molecule has 0 aromatic carbocycles. The van der Waals surface area contributed by atoms with Crippen molar-refractivity contribution in [3.63, 3.8) is 0 Å². The number of aromatic nitrogens is 1. The highest BCUT2D eigenvalue weighted by Gasteiger charge is 2.11. The van der Waals surface area contributed by atoms with Crippen molar-refractivity contribution < 1.29 is 9.90 Å². The Morgan fingerprint density at radius 2 is 2.40 bits per heavy atom. The Hall–Kier alpha value is -0.940. The summed E-state index contributed by atoms with van der Waals surface area (Å²) in [4.78, 5) is 16.3. The molecule has 1 heterocycles. The number of carbonyl (C=O) groups excluding carboxylic acids is 1. The molecule has 4 nitrogen and oxygen atoms in total. The molecule has 1 aromatic heterocycles. The molecule has 1 rings (SSSR count). The first-order valence-electron chi connectivity index (χ1n) is 5.00. The fourth-order valence-electron chi connectivity index (χ4n) is 1.03. The zero-order chi connectivity index (χ0) is 11.3. The second kappa shape index (κ2) is 5.82. The maximum absolute atomic E-state index is 11.5. The van der Waals surface area contributed by atoms with Gasteiger partial charge in [-0.05, 0) is 6.42 Å². The molecular weight excluding hydrogens is 212 g/mol. The summed E-state index contributed by atoms with van der Waals surface area (Å²) >= 11 is 1.42. The van der Waals surface area contributed by atoms with Crippen LogP contribution in [0.15, 0.2) is 6.20 Å². The van der Waals surface area contributed by atoms with Gasteiger partial charge in [-0.15, -0.1) is 11.3 Å². The molecule has 0 fully saturated rings. The Morgan fingerprint density at radius 1 is 1.67 bits per heavy atom. The minimum absolute atomic E-state index is 0.0974. The average molecular weight is 228 g/mol. The average Bonchev–Trinajstić information content (AvgIpc) is 2.66. The number of rotatable bonds is 5. The molecule has 0 aliphatic heterocycles. The summed E-state index contributed by atoms with van der Waals surface area (Å²) in [5.41, 5.74) is 0. The van der Waals surface area contributed by atoms with Crippen LogP contribution in [0.3, 0.4) is 0 Å². The van der Waals surface area contributed by atoms with E-state index in [9.17, 15) is 4.79 Å². The Bertz CT molecular complexity index is 323. The highest BCUT2D eigenvalue weighted by atomic mass is 32.1. The molecule has 0 bridgehead atoms. The van der Waals surface area contributed by atoms with Gasteiger partial charge in [-0.1, -0.05) is 13.8 Å². The molecule has 0 radical (unpaired) electrons. The van der Waals surface area contributed by atoms with E-state index in [-0.39, 0.29) is 12.5 Å². The van der Waals surface area contributed by atoms with Crippen molar-refractivity contribution in [3.05, 3.63) is 16.1 Å². The van der Waals surface area contributed by atoms with Crippen molar-refractivity contribution >= 4 is 17.2 Å². The minimum atomic E-state index is -0.104. The zero-order valence-electron chi connectivity index (χ0n) is 8.99. The summed E-state index contributed by atoms with van der Waals surface area (Å²) < 4.78 is 0. The van der Waals surface area contributed by atoms with Crippen LogP contribution in [0.5, 0.6) is 0 Å². The summed E-state index contributed by atoms with van der Waals surface area (Å²) in [7, 11) is 0. The maximum atomic E-state index is 11.5. The van der Waals surface area contributed by atoms with Gasteiger partial charge in [0, 0.05) is 19.1 Å². The van der Waals surface area contributed by atoms with Gasteiger partial charge in [0.1, 0.15) is 4.88 Å². The molecule has 1 aromatic rings. The lowest BCUT2D eigenvalue weighted by Gasteiger charge is -2.00. The molecule has 0 spiro atoms. The molecule has 2 N–H and O–H groups in total. The number of thiazole rings is 1. The van der Waals surface area contributed by atoms with E-state index in [0.29, 0.717) is 23.8 Å². The number of carbonyl (C=O) groups is 1. The third kappa shape index (κ3) is 3.60. The quantitative estimate of drug-likeness (QED) is 0.748. The molecule has 1 amide bonds. The van der Waals surface area contributed by atoms with E-state index in [0.717, 1.165) is 5.01 Å². The van der Waals surface area contributed by atoms with Crippen molar-refractivity contribution in [2.24, 2.45) is 0 Å². The van der Waals surface area contributed by atoms with Gasteiger partial charge >= 0.3 is 0 Å². The Labute approximate surface area is 93.4 Å². The first-order chi connectivity index (χ1) is 7.15. The molecule has 15 heavy (non-hydrogen) atoms. The van der Waals surface area contributed by atoms with Gasteiger partial charge in [0.05, 0.1) is 11.2 Å². The summed E-state index contributed by atoms with van der Waals surface area (Å²) in [6, 6.07) is 0. The van der Waals surface area contributed by atoms with E-state index < -0.39 is 0 Å². The third-order valence-corrected chi connectivity index (χ3v) is 3.16. The second-order valence-electron chi connectivity index (χ2n) is 3.55. The van der Waals surface area contributed by atoms with Crippen molar-refractivity contribution in [3.8, 4) is 0 Å². The highest BCUT2D eigenvalue weighted by molar-refractivity contribution is 7.13. The molecule has 5 heteroatoms. The van der Waals surface area contributed by atoms with Crippen LogP contribution in [0.1, 0.15) is 40.9 Å². The molecule has 0 atom stereocenters. The second-order valence-corrected chi connectivity index (χ2v) is 4.61. The Morgan fingerprint density at radius 3 is 2.93 bits per heavy atom. The molecular formula is C10H16N2O2S. The smallest absolute Gasteiger partial charge is 0.263 e. The van der Waals surface area contributed by atoms with Crippen molar-refractivity contribution in [1.29, 1.82) is 0 Å². The predicted molar refractivity (Wildman–Crippen MR) is 60.2 cm³/mol. The van der Waals surface area contributed by atoms with Crippen LogP contribution in [-0.2, 0) is 0 Å². The van der Waals surface area contributed by atoms with Crippen LogP contribution in [0, 0.1) is 0 Å². The third-order valence-electron chi connectivity index (χ3n) is 1.86. The van der Waals surface area contributed by atoms with E-state index in [2.05, 4.69) is 10.3 Å². The predicted octanol–water partition coefficient (Wildman–Crippen LogP) is 1.38. The molecule has 84 valence electrons. The summed E-state index contributed by atoms with van der Waals surface area (Å²) in [6.07, 6.45) is 2.19. The van der Waals surface area contributed by atoms with Gasteiger partial charge in [-0.2, -0.15) is 0 Å². The monoisotopic (exact) mass is 228 g/mol. The largest absolute Gasteiger partial charge is 0.396 e. The summed E-state index contributed by atoms with van der Waals surface area (Å²) in [6.45, 7) is 4.70. The lowest BCUT2D eigenvalue weighted by Crippen LogP contribution is -2.24. The first kappa shape index (κ1) is 12.1. The van der Waals surface area contributed by atoms with Crippen LogP contribution in [0.25, 0.3) is 0 Å². The van der Waals surface area contributed by atoms with Crippen molar-refractivity contribution in [1.82, 2.24) is 10.3 Å². The van der Waals surface area contributed by atoms with E-state index in [1.807, 2.05) is 13.8 Å². The molecule has 0 unspecified atom stereocenters. The standard InChI is InChI=1S/C10H16N2O2S/c1-7(2)10-12-6-8(15-10)9(14)11-4-3-5-13/h6-7,13H,3-5H2,1-2H3,(H,11,14). The fourth-order valence-corrected chi connectivity index (χ4v) is 1.86. The molecule has 0 aliphatic carbocycles. The minimum Gasteiger partial charge on any atom is -0.396 e. The highest BCUT2D eigenvalue weighted by Crippen LogP contribution is 2.20. The Balaban J connectivity index is 2.51. The number of hydrogen-bond acceptors (Lipinski definition) is 4. The van der Waals surface area contributed by atoms with Gasteiger partial charge in [0.2, 0.25) is 0 Å². The number of nitrogens with one attached hydrogen (secondary N) is 1. The lowest BCUT2D eigenvalue weighted by molar-refractivity contribution is 0.0955. The number of aliphatic hydroxyl groups is 1. The van der Waals surface area contributed by atoms with Crippen LogP contribution in [-0.4, -0.2) is 29.1 Å². The van der Waals surface area contributed by atoms with Crippen molar-refractivity contribution in [2.75, 3.05) is 13.2 Å². The van der Waals surface area contributed by atoms with E-state index in [4.69, 9.17) is 5.11 Å². The van der Waals surface area contributed by atoms with Crippen molar-refractivity contribution in [2.45, 2.75) is 26.2 Å². The normalized spacial score (nSPS) is 10.7. The van der Waals surface area contributed by atoms with Crippen LogP contribution >= 0.6 is 11.3 Å². The topological polar surface area (TPSA) is 62.2 Å². The first-order valence-corrected chi connectivity index (χ1v) is 5.81. The van der Waals surface area contributed by atoms with Gasteiger partial charge < -0.3 is 10.4 Å². The molecule has 0 saturated heterocycles. The summed E-state index contributed by atoms with van der Waals surface area (Å²) in [5.74, 6) is 0.252. The molecule has 0 aliphatic rings. The van der Waals surface area contributed by atoms with Gasteiger partial charge in [0.15, 0.2) is 0 Å². The van der Waals surface area contributed by atoms with Crippen LogP contribution in [0.4, 0.5) is 0 Å². The SMILES string of the molecule is CC(C)c1ncc(C(=O)NCCCO)s1. The Kier molecular flexibility index (Phi) is 4.71. The number of hydrogen-bond donors (Lipinski definition) is 2. The fraction of sp³-hybridized carbons (Fsp3) is 0.600. The van der Waals surface area contributed by atoms with Gasteiger partial charge in [-0.25, -0.2) is 4.98 Å². The zero-order valence-corrected chi connectivity index (χ0v) is 9.80. The summed E-state index contributed by atoms with van der Waals surface area (Å²) in [5, 5.41) is 12.3. The van der Waals surface area contributed by atoms with Crippen LogP contribution < -0.4 is 5.32 Å². The van der Waals surface area contributed by atoms with E-state index in [1.54, 1.807) is 6.20 Å². The van der Waals surface area contributed by atoms with Gasteiger partial charge in [-0.3, -0.25) is 4.79 Å². The van der Waals surface area contributed by atoms with E-state index >= 15 is 0 Å². The molecule has 0 saturated carbocycles. The van der Waals surface area contributed by atoms with Gasteiger partial charge in [0.25, 0.3) is 5.91 Å². The number of nitrogens with zero attached hydrogens (tertiary/aromatic N) is 1.